The Morgan fingerprint density at radius 2 is 2.00 bits per heavy atom. The highest BCUT2D eigenvalue weighted by Crippen LogP contribution is 2.31. The van der Waals surface area contributed by atoms with Crippen LogP contribution in [-0.2, 0) is 9.47 Å². The summed E-state index contributed by atoms with van der Waals surface area (Å²) < 4.78 is 10.9. The van der Waals surface area contributed by atoms with Crippen LogP contribution in [0.2, 0.25) is 0 Å². The molecule has 0 radical (unpaired) electrons. The third-order valence-electron chi connectivity index (χ3n) is 3.30. The summed E-state index contributed by atoms with van der Waals surface area (Å²) in [4.78, 5) is 0. The number of hydrogen-bond donors (Lipinski definition) is 3. The Labute approximate surface area is 89.2 Å². The Balaban J connectivity index is 2.16. The predicted octanol–water partition coefficient (Wildman–Crippen LogP) is -0.792. The molecule has 0 amide bonds. The van der Waals surface area contributed by atoms with Crippen LogP contribution in [0.1, 0.15) is 19.3 Å². The van der Waals surface area contributed by atoms with Gasteiger partial charge in [0.2, 0.25) is 0 Å². The lowest BCUT2D eigenvalue weighted by atomic mass is 9.85. The zero-order valence-electron chi connectivity index (χ0n) is 8.71. The van der Waals surface area contributed by atoms with Crippen LogP contribution >= 0.6 is 0 Å². The minimum absolute atomic E-state index is 0.0667. The number of fused-ring (bicyclic) bond motifs is 6. The van der Waals surface area contributed by atoms with Crippen molar-refractivity contribution in [2.75, 3.05) is 13.2 Å². The summed E-state index contributed by atoms with van der Waals surface area (Å²) in [6.45, 7) is 0.923. The van der Waals surface area contributed by atoms with E-state index in [1.807, 2.05) is 0 Å². The summed E-state index contributed by atoms with van der Waals surface area (Å²) >= 11 is 0. The Morgan fingerprint density at radius 1 is 1.20 bits per heavy atom. The molecule has 5 unspecified atom stereocenters. The molecule has 3 saturated heterocycles. The molecule has 15 heavy (non-hydrogen) atoms. The van der Waals surface area contributed by atoms with Gasteiger partial charge in [-0.15, -0.1) is 0 Å². The van der Waals surface area contributed by atoms with E-state index in [4.69, 9.17) is 15.2 Å². The van der Waals surface area contributed by atoms with Crippen LogP contribution in [-0.4, -0.2) is 48.0 Å². The lowest BCUT2D eigenvalue weighted by Crippen LogP contribution is -2.56. The van der Waals surface area contributed by atoms with Gasteiger partial charge in [-0.3, -0.25) is 0 Å². The highest BCUT2D eigenvalue weighted by Gasteiger charge is 2.44. The van der Waals surface area contributed by atoms with Gasteiger partial charge in [-0.1, -0.05) is 6.42 Å². The summed E-state index contributed by atoms with van der Waals surface area (Å²) in [6.07, 6.45) is 0.0882. The topological polar surface area (TPSA) is 84.9 Å². The summed E-state index contributed by atoms with van der Waals surface area (Å²) in [5.74, 6) is -0.0667. The lowest BCUT2D eigenvalue weighted by molar-refractivity contribution is -0.280. The molecule has 88 valence electrons. The molecule has 3 heterocycles. The first-order valence-corrected chi connectivity index (χ1v) is 5.57. The van der Waals surface area contributed by atoms with E-state index in [0.29, 0.717) is 13.2 Å². The number of hydrogen-bond acceptors (Lipinski definition) is 5. The molecule has 3 aliphatic heterocycles. The largest absolute Gasteiger partial charge is 0.390 e. The second kappa shape index (κ2) is 4.76. The third-order valence-corrected chi connectivity index (χ3v) is 3.30. The molecular formula is C10H19NO4. The summed E-state index contributed by atoms with van der Waals surface area (Å²) in [6, 6.07) is 0. The minimum Gasteiger partial charge on any atom is -0.390 e. The number of aliphatic hydroxyl groups is 2. The predicted molar refractivity (Wildman–Crippen MR) is 53.0 cm³/mol. The molecule has 5 atom stereocenters. The van der Waals surface area contributed by atoms with Crippen LogP contribution < -0.4 is 5.73 Å². The second-order valence-corrected chi connectivity index (χ2v) is 4.29. The third kappa shape index (κ3) is 2.16. The van der Waals surface area contributed by atoms with Gasteiger partial charge in [0.05, 0.1) is 12.2 Å². The van der Waals surface area contributed by atoms with Crippen LogP contribution in [0.3, 0.4) is 0 Å². The van der Waals surface area contributed by atoms with E-state index in [1.54, 1.807) is 0 Å². The van der Waals surface area contributed by atoms with E-state index < -0.39 is 18.5 Å². The van der Waals surface area contributed by atoms with Crippen molar-refractivity contribution in [3.8, 4) is 0 Å². The molecule has 0 aromatic rings. The molecule has 0 aromatic heterocycles. The molecule has 0 aliphatic carbocycles. The van der Waals surface area contributed by atoms with Crippen molar-refractivity contribution in [3.05, 3.63) is 0 Å². The fourth-order valence-corrected chi connectivity index (χ4v) is 2.39. The minimum atomic E-state index is -0.948. The molecule has 2 bridgehead atoms. The first-order chi connectivity index (χ1) is 7.24. The Morgan fingerprint density at radius 3 is 2.73 bits per heavy atom. The van der Waals surface area contributed by atoms with Crippen LogP contribution in [0, 0.1) is 5.92 Å². The molecule has 3 fully saturated rings. The van der Waals surface area contributed by atoms with Crippen molar-refractivity contribution >= 4 is 0 Å². The van der Waals surface area contributed by atoms with Gasteiger partial charge in [0.15, 0.2) is 6.29 Å². The van der Waals surface area contributed by atoms with E-state index in [1.165, 1.54) is 0 Å². The normalized spacial score (nSPS) is 47.0. The molecule has 5 nitrogen and oxygen atoms in total. The molecular weight excluding hydrogens is 198 g/mol. The zero-order chi connectivity index (χ0) is 10.8. The van der Waals surface area contributed by atoms with Crippen molar-refractivity contribution in [2.45, 2.75) is 43.9 Å². The summed E-state index contributed by atoms with van der Waals surface area (Å²) in [7, 11) is 0. The smallest absolute Gasteiger partial charge is 0.186 e. The van der Waals surface area contributed by atoms with E-state index in [-0.39, 0.29) is 12.0 Å². The average Bonchev–Trinajstić information content (AvgIpc) is 2.38. The van der Waals surface area contributed by atoms with Crippen LogP contribution in [0.5, 0.6) is 0 Å². The Hall–Kier alpha value is -0.200. The Kier molecular flexibility index (Phi) is 3.58. The van der Waals surface area contributed by atoms with Gasteiger partial charge in [-0.05, 0) is 12.8 Å². The quantitative estimate of drug-likeness (QED) is 0.536. The van der Waals surface area contributed by atoms with E-state index >= 15 is 0 Å². The first kappa shape index (κ1) is 11.3. The van der Waals surface area contributed by atoms with Crippen molar-refractivity contribution < 1.29 is 19.7 Å². The van der Waals surface area contributed by atoms with Crippen molar-refractivity contribution in [2.24, 2.45) is 11.7 Å². The van der Waals surface area contributed by atoms with Gasteiger partial charge in [0, 0.05) is 19.1 Å². The SMILES string of the molecule is NCC1OC2OCCCCC1C(O)C2O. The van der Waals surface area contributed by atoms with Gasteiger partial charge in [-0.25, -0.2) is 0 Å². The van der Waals surface area contributed by atoms with Gasteiger partial charge in [0.1, 0.15) is 6.10 Å². The van der Waals surface area contributed by atoms with E-state index in [9.17, 15) is 10.2 Å². The lowest BCUT2D eigenvalue weighted by Gasteiger charge is -2.41. The number of rotatable bonds is 1. The zero-order valence-corrected chi connectivity index (χ0v) is 8.71. The first-order valence-electron chi connectivity index (χ1n) is 5.57. The van der Waals surface area contributed by atoms with E-state index in [0.717, 1.165) is 19.3 Å². The second-order valence-electron chi connectivity index (χ2n) is 4.29. The number of ether oxygens (including phenoxy) is 2. The molecule has 3 rings (SSSR count). The molecule has 5 heteroatoms. The van der Waals surface area contributed by atoms with Crippen molar-refractivity contribution in [1.82, 2.24) is 0 Å². The maximum absolute atomic E-state index is 9.93. The fraction of sp³-hybridized carbons (Fsp3) is 1.00. The maximum atomic E-state index is 9.93. The molecule has 3 aliphatic rings. The Bertz CT molecular complexity index is 210. The molecule has 4 N–H and O–H groups in total. The highest BCUT2D eigenvalue weighted by atomic mass is 16.7. The van der Waals surface area contributed by atoms with Gasteiger partial charge < -0.3 is 25.4 Å². The van der Waals surface area contributed by atoms with Crippen molar-refractivity contribution in [1.29, 1.82) is 0 Å². The van der Waals surface area contributed by atoms with Crippen molar-refractivity contribution in [3.63, 3.8) is 0 Å². The van der Waals surface area contributed by atoms with Crippen LogP contribution in [0.15, 0.2) is 0 Å². The highest BCUT2D eigenvalue weighted by molar-refractivity contribution is 4.90. The van der Waals surface area contributed by atoms with Crippen LogP contribution in [0.25, 0.3) is 0 Å². The number of aliphatic hydroxyl groups excluding tert-OH is 2. The summed E-state index contributed by atoms with van der Waals surface area (Å²) in [5.41, 5.74) is 5.60. The average molecular weight is 217 g/mol. The molecule has 0 saturated carbocycles. The molecule has 0 spiro atoms. The fourth-order valence-electron chi connectivity index (χ4n) is 2.39. The molecule has 0 aromatic carbocycles. The van der Waals surface area contributed by atoms with Gasteiger partial charge in [-0.2, -0.15) is 0 Å². The number of nitrogens with two attached hydrogens (primary N) is 1. The van der Waals surface area contributed by atoms with Gasteiger partial charge >= 0.3 is 0 Å². The van der Waals surface area contributed by atoms with Crippen LogP contribution in [0.4, 0.5) is 0 Å². The van der Waals surface area contributed by atoms with E-state index in [2.05, 4.69) is 0 Å². The maximum Gasteiger partial charge on any atom is 0.186 e. The standard InChI is InChI=1S/C10H19NO4/c11-5-7-6-3-1-2-4-14-10(15-7)9(13)8(6)12/h6-10,12-13H,1-5,11H2. The monoisotopic (exact) mass is 217 g/mol. The summed E-state index contributed by atoms with van der Waals surface area (Å²) in [5, 5.41) is 19.7. The van der Waals surface area contributed by atoms with Gasteiger partial charge in [0.25, 0.3) is 0 Å².